The number of halogens is 2. The van der Waals surface area contributed by atoms with Crippen molar-refractivity contribution in [2.45, 2.75) is 13.3 Å². The Morgan fingerprint density at radius 2 is 2.26 bits per heavy atom. The van der Waals surface area contributed by atoms with Crippen molar-refractivity contribution in [3.8, 4) is 5.88 Å². The molecule has 27 heavy (non-hydrogen) atoms. The third kappa shape index (κ3) is 5.17. The van der Waals surface area contributed by atoms with Crippen LogP contribution in [0.3, 0.4) is 0 Å². The van der Waals surface area contributed by atoms with Gasteiger partial charge in [0.1, 0.15) is 12.4 Å². The summed E-state index contributed by atoms with van der Waals surface area (Å²) in [6, 6.07) is 9.65. The number of nitrogens with one attached hydrogen (secondary N) is 1. The Morgan fingerprint density at radius 1 is 1.41 bits per heavy atom. The Balaban J connectivity index is 1.44. The molecular formula is C20H23ClFN3O2. The molecule has 1 aliphatic rings. The number of carbonyl (C=O) groups is 1. The lowest BCUT2D eigenvalue weighted by Crippen LogP contribution is -2.38. The lowest BCUT2D eigenvalue weighted by Gasteiger charge is -2.25. The maximum atomic E-state index is 13.3. The highest BCUT2D eigenvalue weighted by molar-refractivity contribution is 6.31. The Bertz CT molecular complexity index is 790. The molecule has 1 aromatic heterocycles. The van der Waals surface area contributed by atoms with Crippen molar-refractivity contribution in [3.05, 3.63) is 59.0 Å². The van der Waals surface area contributed by atoms with Crippen LogP contribution < -0.4 is 10.1 Å². The summed E-state index contributed by atoms with van der Waals surface area (Å²) in [5, 5.41) is 3.36. The van der Waals surface area contributed by atoms with Crippen LogP contribution in [0.4, 0.5) is 4.39 Å². The molecule has 2 aromatic rings. The first kappa shape index (κ1) is 19.6. The zero-order valence-corrected chi connectivity index (χ0v) is 16.0. The van der Waals surface area contributed by atoms with Gasteiger partial charge in [-0.15, -0.1) is 0 Å². The average Bonchev–Trinajstić information content (AvgIpc) is 3.06. The Morgan fingerprint density at radius 3 is 3.00 bits per heavy atom. The van der Waals surface area contributed by atoms with Gasteiger partial charge in [0.15, 0.2) is 0 Å². The van der Waals surface area contributed by atoms with Gasteiger partial charge in [0.2, 0.25) is 5.88 Å². The molecule has 1 fully saturated rings. The van der Waals surface area contributed by atoms with Crippen LogP contribution >= 0.6 is 11.6 Å². The average molecular weight is 392 g/mol. The van der Waals surface area contributed by atoms with E-state index in [1.54, 1.807) is 11.1 Å². The van der Waals surface area contributed by atoms with Crippen molar-refractivity contribution in [2.75, 3.05) is 32.8 Å². The molecule has 3 rings (SSSR count). The van der Waals surface area contributed by atoms with Crippen molar-refractivity contribution in [1.29, 1.82) is 0 Å². The van der Waals surface area contributed by atoms with Gasteiger partial charge in [0.25, 0.3) is 5.91 Å². The first-order chi connectivity index (χ1) is 13.0. The summed E-state index contributed by atoms with van der Waals surface area (Å²) in [4.78, 5) is 18.5. The fraction of sp³-hybridized carbons (Fsp3) is 0.400. The first-order valence-corrected chi connectivity index (χ1v) is 9.34. The summed E-state index contributed by atoms with van der Waals surface area (Å²) in [5.74, 6) is -0.0168. The lowest BCUT2D eigenvalue weighted by molar-refractivity contribution is 0.0775. The van der Waals surface area contributed by atoms with Gasteiger partial charge < -0.3 is 15.0 Å². The number of likely N-dealkylation sites (tertiary alicyclic amines) is 1. The Hall–Kier alpha value is -2.18. The molecule has 5 nitrogen and oxygen atoms in total. The van der Waals surface area contributed by atoms with E-state index < -0.39 is 5.82 Å². The summed E-state index contributed by atoms with van der Waals surface area (Å²) in [7, 11) is 0. The largest absolute Gasteiger partial charge is 0.476 e. The number of nitrogens with zero attached hydrogens (tertiary/aromatic N) is 2. The number of carbonyl (C=O) groups excluding carboxylic acids is 1. The molecule has 1 amide bonds. The molecule has 1 aliphatic heterocycles. The third-order valence-corrected chi connectivity index (χ3v) is 5.02. The van der Waals surface area contributed by atoms with Gasteiger partial charge in [0.05, 0.1) is 5.02 Å². The van der Waals surface area contributed by atoms with Crippen LogP contribution in [0.1, 0.15) is 23.7 Å². The summed E-state index contributed by atoms with van der Waals surface area (Å²) in [5.41, 5.74) is 0.409. The van der Waals surface area contributed by atoms with Gasteiger partial charge in [-0.05, 0) is 36.1 Å². The molecule has 1 saturated heterocycles. The molecule has 0 saturated carbocycles. The fourth-order valence-electron chi connectivity index (χ4n) is 3.20. The van der Waals surface area contributed by atoms with Gasteiger partial charge in [-0.25, -0.2) is 9.37 Å². The van der Waals surface area contributed by atoms with E-state index in [0.717, 1.165) is 13.0 Å². The summed E-state index contributed by atoms with van der Waals surface area (Å²) in [6.07, 6.45) is 2.60. The van der Waals surface area contributed by atoms with Crippen molar-refractivity contribution in [2.24, 2.45) is 5.41 Å². The van der Waals surface area contributed by atoms with Gasteiger partial charge in [-0.2, -0.15) is 0 Å². The van der Waals surface area contributed by atoms with E-state index in [4.69, 9.17) is 16.3 Å². The van der Waals surface area contributed by atoms with E-state index >= 15 is 0 Å². The third-order valence-electron chi connectivity index (χ3n) is 4.73. The zero-order valence-electron chi connectivity index (χ0n) is 15.3. The second-order valence-electron chi connectivity index (χ2n) is 7.11. The molecule has 1 N–H and O–H groups in total. The fourth-order valence-corrected chi connectivity index (χ4v) is 3.38. The molecule has 1 atom stereocenters. The highest BCUT2D eigenvalue weighted by Gasteiger charge is 2.36. The van der Waals surface area contributed by atoms with Gasteiger partial charge in [0, 0.05) is 44.0 Å². The van der Waals surface area contributed by atoms with Crippen molar-refractivity contribution in [1.82, 2.24) is 15.2 Å². The molecule has 0 spiro atoms. The van der Waals surface area contributed by atoms with E-state index in [0.29, 0.717) is 37.7 Å². The molecular weight excluding hydrogens is 369 g/mol. The molecule has 0 bridgehead atoms. The van der Waals surface area contributed by atoms with Crippen LogP contribution in [0.5, 0.6) is 5.88 Å². The Labute approximate surface area is 163 Å². The predicted octanol–water partition coefficient (Wildman–Crippen LogP) is 3.39. The minimum Gasteiger partial charge on any atom is -0.476 e. The first-order valence-electron chi connectivity index (χ1n) is 8.96. The number of pyridine rings is 1. The number of hydrogen-bond donors (Lipinski definition) is 1. The second-order valence-corrected chi connectivity index (χ2v) is 7.52. The smallest absolute Gasteiger partial charge is 0.253 e. The lowest BCUT2D eigenvalue weighted by atomic mass is 9.90. The number of aromatic nitrogens is 1. The van der Waals surface area contributed by atoms with Gasteiger partial charge in [-0.3, -0.25) is 4.79 Å². The molecule has 2 heterocycles. The highest BCUT2D eigenvalue weighted by atomic mass is 35.5. The van der Waals surface area contributed by atoms with Crippen LogP contribution in [-0.4, -0.2) is 48.6 Å². The topological polar surface area (TPSA) is 54.5 Å². The van der Waals surface area contributed by atoms with Crippen LogP contribution in [0.2, 0.25) is 5.02 Å². The molecule has 1 unspecified atom stereocenters. The molecule has 0 aliphatic carbocycles. The minimum atomic E-state index is -0.517. The maximum absolute atomic E-state index is 13.3. The standard InChI is InChI=1S/C20H23ClFN3O2/c1-20(13-23-9-11-27-18-4-2-3-8-24-18)7-10-25(14-20)19(26)15-5-6-17(22)16(21)12-15/h2-6,8,12,23H,7,9-11,13-14H2,1H3. The van der Waals surface area contributed by atoms with Crippen molar-refractivity contribution < 1.29 is 13.9 Å². The number of ether oxygens (including phenoxy) is 1. The molecule has 144 valence electrons. The van der Waals surface area contributed by atoms with Crippen LogP contribution in [-0.2, 0) is 0 Å². The van der Waals surface area contributed by atoms with Crippen LogP contribution in [0, 0.1) is 11.2 Å². The predicted molar refractivity (Wildman–Crippen MR) is 103 cm³/mol. The summed E-state index contributed by atoms with van der Waals surface area (Å²) < 4.78 is 18.9. The van der Waals surface area contributed by atoms with Crippen LogP contribution in [0.15, 0.2) is 42.6 Å². The van der Waals surface area contributed by atoms with E-state index in [2.05, 4.69) is 17.2 Å². The van der Waals surface area contributed by atoms with E-state index in [1.807, 2.05) is 18.2 Å². The molecule has 7 heteroatoms. The number of hydrogen-bond acceptors (Lipinski definition) is 4. The zero-order chi connectivity index (χ0) is 19.3. The molecule has 1 aromatic carbocycles. The summed E-state index contributed by atoms with van der Waals surface area (Å²) in [6.45, 7) is 5.50. The van der Waals surface area contributed by atoms with Crippen molar-refractivity contribution in [3.63, 3.8) is 0 Å². The Kier molecular flexibility index (Phi) is 6.29. The van der Waals surface area contributed by atoms with Gasteiger partial charge in [-0.1, -0.05) is 24.6 Å². The highest BCUT2D eigenvalue weighted by Crippen LogP contribution is 2.30. The monoisotopic (exact) mass is 391 g/mol. The number of amides is 1. The van der Waals surface area contributed by atoms with E-state index in [1.165, 1.54) is 18.2 Å². The maximum Gasteiger partial charge on any atom is 0.253 e. The normalized spacial score (nSPS) is 19.3. The quantitative estimate of drug-likeness (QED) is 0.735. The SMILES string of the molecule is CC1(CNCCOc2ccccn2)CCN(C(=O)c2ccc(F)c(Cl)c2)C1. The van der Waals surface area contributed by atoms with E-state index in [-0.39, 0.29) is 16.3 Å². The van der Waals surface area contributed by atoms with E-state index in [9.17, 15) is 9.18 Å². The second kappa shape index (κ2) is 8.67. The van der Waals surface area contributed by atoms with Crippen LogP contribution in [0.25, 0.3) is 0 Å². The van der Waals surface area contributed by atoms with Crippen molar-refractivity contribution >= 4 is 17.5 Å². The molecule has 0 radical (unpaired) electrons. The van der Waals surface area contributed by atoms with Gasteiger partial charge >= 0.3 is 0 Å². The number of benzene rings is 1. The minimum absolute atomic E-state index is 0.00944. The summed E-state index contributed by atoms with van der Waals surface area (Å²) >= 11 is 5.79. The number of rotatable bonds is 7.